The van der Waals surface area contributed by atoms with Crippen LogP contribution in [-0.2, 0) is 28.6 Å². The molecule has 6 nitrogen and oxygen atoms in total. The summed E-state index contributed by atoms with van der Waals surface area (Å²) < 4.78 is 16.9. The molecule has 0 bridgehead atoms. The molecule has 0 aliphatic carbocycles. The molecule has 0 N–H and O–H groups in total. The Labute approximate surface area is 465 Å². The van der Waals surface area contributed by atoms with E-state index < -0.39 is 6.10 Å². The zero-order chi connectivity index (χ0) is 54.3. The van der Waals surface area contributed by atoms with Gasteiger partial charge in [-0.05, 0) is 116 Å². The van der Waals surface area contributed by atoms with Gasteiger partial charge in [0.15, 0.2) is 6.10 Å². The Kier molecular flexibility index (Phi) is 60.3. The lowest BCUT2D eigenvalue weighted by molar-refractivity contribution is -0.167. The molecule has 1 atom stereocenters. The van der Waals surface area contributed by atoms with E-state index in [1.54, 1.807) is 0 Å². The monoisotopic (exact) mass is 1040 g/mol. The van der Waals surface area contributed by atoms with E-state index >= 15 is 0 Å². The van der Waals surface area contributed by atoms with E-state index in [0.29, 0.717) is 19.3 Å². The third kappa shape index (κ3) is 61.3. The van der Waals surface area contributed by atoms with E-state index in [1.165, 1.54) is 180 Å². The van der Waals surface area contributed by atoms with Crippen molar-refractivity contribution in [2.45, 2.75) is 322 Å². The van der Waals surface area contributed by atoms with Gasteiger partial charge >= 0.3 is 17.9 Å². The molecule has 0 spiro atoms. The highest BCUT2D eigenvalue weighted by molar-refractivity contribution is 5.71. The molecule has 432 valence electrons. The molecule has 1 unspecified atom stereocenters. The molecule has 0 rings (SSSR count). The fourth-order valence-corrected chi connectivity index (χ4v) is 9.05. The summed E-state index contributed by atoms with van der Waals surface area (Å²) in [5, 5.41) is 0. The van der Waals surface area contributed by atoms with Crippen molar-refractivity contribution in [1.82, 2.24) is 0 Å². The lowest BCUT2D eigenvalue weighted by atomic mass is 10.0. The predicted octanol–water partition coefficient (Wildman–Crippen LogP) is 21.9. The third-order valence-electron chi connectivity index (χ3n) is 13.9. The van der Waals surface area contributed by atoms with Crippen LogP contribution >= 0.6 is 0 Å². The fraction of sp³-hybridized carbons (Fsp3) is 0.754. The van der Waals surface area contributed by atoms with Gasteiger partial charge in [0.2, 0.25) is 0 Å². The lowest BCUT2D eigenvalue weighted by Crippen LogP contribution is -2.30. The van der Waals surface area contributed by atoms with Gasteiger partial charge < -0.3 is 14.2 Å². The largest absolute Gasteiger partial charge is 0.462 e. The molecule has 0 aliphatic rings. The maximum Gasteiger partial charge on any atom is 0.306 e. The second kappa shape index (κ2) is 63.1. The number of hydrogen-bond acceptors (Lipinski definition) is 6. The number of carbonyl (C=O) groups is 3. The number of esters is 3. The van der Waals surface area contributed by atoms with Crippen LogP contribution in [0.3, 0.4) is 0 Å². The number of unbranched alkanes of at least 4 members (excludes halogenated alkanes) is 33. The third-order valence-corrected chi connectivity index (χ3v) is 13.9. The molecule has 75 heavy (non-hydrogen) atoms. The smallest absolute Gasteiger partial charge is 0.306 e. The zero-order valence-electron chi connectivity index (χ0n) is 49.6. The minimum atomic E-state index is -0.793. The van der Waals surface area contributed by atoms with Gasteiger partial charge in [-0.15, -0.1) is 0 Å². The van der Waals surface area contributed by atoms with E-state index in [4.69, 9.17) is 14.2 Å². The quantitative estimate of drug-likeness (QED) is 0.0261. The van der Waals surface area contributed by atoms with Crippen LogP contribution in [0.25, 0.3) is 0 Å². The fourth-order valence-electron chi connectivity index (χ4n) is 9.05. The highest BCUT2D eigenvalue weighted by Crippen LogP contribution is 2.16. The molecule has 0 aromatic carbocycles. The first-order chi connectivity index (χ1) is 37.0. The Morgan fingerprint density at radius 2 is 0.520 bits per heavy atom. The van der Waals surface area contributed by atoms with Crippen molar-refractivity contribution in [2.75, 3.05) is 13.2 Å². The van der Waals surface area contributed by atoms with Crippen LogP contribution in [0.1, 0.15) is 316 Å². The summed E-state index contributed by atoms with van der Waals surface area (Å²) in [5.41, 5.74) is 0. The maximum atomic E-state index is 12.9. The number of carbonyl (C=O) groups excluding carboxylic acids is 3. The van der Waals surface area contributed by atoms with Gasteiger partial charge in [-0.1, -0.05) is 266 Å². The lowest BCUT2D eigenvalue weighted by Gasteiger charge is -2.18. The van der Waals surface area contributed by atoms with Crippen LogP contribution in [0.5, 0.6) is 0 Å². The van der Waals surface area contributed by atoms with Gasteiger partial charge in [0, 0.05) is 19.3 Å². The second-order valence-electron chi connectivity index (χ2n) is 21.3. The predicted molar refractivity (Wildman–Crippen MR) is 325 cm³/mol. The molecule has 0 amide bonds. The summed E-state index contributed by atoms with van der Waals surface area (Å²) in [5.74, 6) is -0.914. The Morgan fingerprint density at radius 3 is 0.827 bits per heavy atom. The summed E-state index contributed by atoms with van der Waals surface area (Å²) in [6.45, 7) is 6.50. The summed E-state index contributed by atoms with van der Waals surface area (Å²) >= 11 is 0. The molecule has 0 saturated carbocycles. The molecule has 0 aromatic heterocycles. The maximum absolute atomic E-state index is 12.9. The van der Waals surface area contributed by atoms with Crippen LogP contribution in [-0.4, -0.2) is 37.2 Å². The van der Waals surface area contributed by atoms with Crippen molar-refractivity contribution in [3.63, 3.8) is 0 Å². The standard InChI is InChI=1S/C69H120O6/c1-4-7-10-13-16-19-22-25-27-29-31-33-34-36-37-39-41-44-47-50-53-56-59-62-68(71)74-65-66(64-73-67(70)61-58-55-52-49-46-43-24-21-18-15-12-9-6-3)75-69(72)63-60-57-54-51-48-45-42-40-38-35-32-30-28-26-23-20-17-14-11-8-5-2/h9,12,18,21-23,25-26,29-32,43,46,66H,4-8,10-11,13-17,19-20,24,27-28,33-42,44-45,47-65H2,1-3H3/b12-9-,21-18-,25-22-,26-23-,31-29-,32-30-,46-43-. The average molecular weight is 1050 g/mol. The summed E-state index contributed by atoms with van der Waals surface area (Å²) in [7, 11) is 0. The second-order valence-corrected chi connectivity index (χ2v) is 21.3. The molecule has 0 radical (unpaired) electrons. The van der Waals surface area contributed by atoms with Crippen LogP contribution in [0.15, 0.2) is 85.1 Å². The molecule has 0 saturated heterocycles. The van der Waals surface area contributed by atoms with Crippen LogP contribution in [0.2, 0.25) is 0 Å². The van der Waals surface area contributed by atoms with Crippen molar-refractivity contribution < 1.29 is 28.6 Å². The van der Waals surface area contributed by atoms with E-state index in [2.05, 4.69) is 106 Å². The minimum Gasteiger partial charge on any atom is -0.462 e. The van der Waals surface area contributed by atoms with Crippen molar-refractivity contribution in [3.8, 4) is 0 Å². The van der Waals surface area contributed by atoms with Crippen molar-refractivity contribution >= 4 is 17.9 Å². The Morgan fingerprint density at radius 1 is 0.280 bits per heavy atom. The zero-order valence-corrected chi connectivity index (χ0v) is 49.6. The van der Waals surface area contributed by atoms with Gasteiger partial charge in [-0.3, -0.25) is 14.4 Å². The Balaban J connectivity index is 4.34. The Hall–Kier alpha value is -3.41. The molecule has 6 heteroatoms. The summed E-state index contributed by atoms with van der Waals surface area (Å²) in [6.07, 6.45) is 83.1. The first-order valence-corrected chi connectivity index (χ1v) is 32.1. The van der Waals surface area contributed by atoms with E-state index in [1.807, 2.05) is 0 Å². The first kappa shape index (κ1) is 71.6. The average Bonchev–Trinajstić information content (AvgIpc) is 3.41. The van der Waals surface area contributed by atoms with Gasteiger partial charge in [-0.2, -0.15) is 0 Å². The van der Waals surface area contributed by atoms with E-state index in [9.17, 15) is 14.4 Å². The number of allylic oxidation sites excluding steroid dienone is 14. The number of ether oxygens (including phenoxy) is 3. The van der Waals surface area contributed by atoms with E-state index in [-0.39, 0.29) is 31.1 Å². The topological polar surface area (TPSA) is 78.9 Å². The summed E-state index contributed by atoms with van der Waals surface area (Å²) in [4.78, 5) is 38.3. The van der Waals surface area contributed by atoms with Crippen molar-refractivity contribution in [2.24, 2.45) is 0 Å². The summed E-state index contributed by atoms with van der Waals surface area (Å²) in [6, 6.07) is 0. The van der Waals surface area contributed by atoms with Crippen LogP contribution in [0, 0.1) is 0 Å². The minimum absolute atomic E-state index is 0.0879. The van der Waals surface area contributed by atoms with Crippen molar-refractivity contribution in [1.29, 1.82) is 0 Å². The molecular formula is C69H120O6. The van der Waals surface area contributed by atoms with Gasteiger partial charge in [-0.25, -0.2) is 0 Å². The molecule has 0 fully saturated rings. The normalized spacial score (nSPS) is 12.6. The molecule has 0 heterocycles. The first-order valence-electron chi connectivity index (χ1n) is 32.1. The van der Waals surface area contributed by atoms with E-state index in [0.717, 1.165) is 96.3 Å². The number of hydrogen-bond donors (Lipinski definition) is 0. The van der Waals surface area contributed by atoms with Gasteiger partial charge in [0.05, 0.1) is 0 Å². The van der Waals surface area contributed by atoms with Crippen LogP contribution < -0.4 is 0 Å². The van der Waals surface area contributed by atoms with Crippen molar-refractivity contribution in [3.05, 3.63) is 85.1 Å². The Bertz CT molecular complexity index is 1430. The molecule has 0 aromatic rings. The van der Waals surface area contributed by atoms with Gasteiger partial charge in [0.25, 0.3) is 0 Å². The highest BCUT2D eigenvalue weighted by Gasteiger charge is 2.19. The molecule has 0 aliphatic heterocycles. The van der Waals surface area contributed by atoms with Crippen LogP contribution in [0.4, 0.5) is 0 Å². The van der Waals surface area contributed by atoms with Gasteiger partial charge in [0.1, 0.15) is 13.2 Å². The molecular weight excluding hydrogens is 925 g/mol. The number of rotatable bonds is 58. The SMILES string of the molecule is CC/C=C\C/C=C\C/C=C\CCCCCC(=O)OCC(COC(=O)CCCCCCCCCCCCC/C=C\C/C=C\CCCCCCC)OC(=O)CCCCCCCCCCC/C=C\C/C=C\CCCCCCC. The highest BCUT2D eigenvalue weighted by atomic mass is 16.6.